The predicted molar refractivity (Wildman–Crippen MR) is 57.9 cm³/mol. The highest BCUT2D eigenvalue weighted by atomic mass is 16.5. The lowest BCUT2D eigenvalue weighted by molar-refractivity contribution is 0.0664. The Morgan fingerprint density at radius 3 is 2.60 bits per heavy atom. The van der Waals surface area contributed by atoms with E-state index < -0.39 is 0 Å². The lowest BCUT2D eigenvalue weighted by Gasteiger charge is -2.25. The number of ether oxygens (including phenoxy) is 1. The topological polar surface area (TPSA) is 42.4 Å². The third-order valence-corrected chi connectivity index (χ3v) is 2.83. The SMILES string of the molecule is Cc1ccc(OC2CCC(O)CC2)cn1. The monoisotopic (exact) mass is 207 g/mol. The molecule has 0 aromatic carbocycles. The Kier molecular flexibility index (Phi) is 3.21. The van der Waals surface area contributed by atoms with Crippen LogP contribution in [0.15, 0.2) is 18.3 Å². The van der Waals surface area contributed by atoms with Crippen molar-refractivity contribution in [2.45, 2.75) is 44.8 Å². The Balaban J connectivity index is 1.89. The highest BCUT2D eigenvalue weighted by Crippen LogP contribution is 2.23. The summed E-state index contributed by atoms with van der Waals surface area (Å²) in [6.07, 6.45) is 5.47. The molecule has 1 saturated carbocycles. The molecule has 1 aromatic heterocycles. The van der Waals surface area contributed by atoms with Gasteiger partial charge in [-0.15, -0.1) is 0 Å². The zero-order valence-electron chi connectivity index (χ0n) is 9.02. The van der Waals surface area contributed by atoms with E-state index >= 15 is 0 Å². The number of rotatable bonds is 2. The lowest BCUT2D eigenvalue weighted by atomic mass is 9.95. The third kappa shape index (κ3) is 2.93. The minimum atomic E-state index is -0.124. The van der Waals surface area contributed by atoms with E-state index in [2.05, 4.69) is 4.98 Å². The van der Waals surface area contributed by atoms with Gasteiger partial charge in [0.05, 0.1) is 18.4 Å². The largest absolute Gasteiger partial charge is 0.489 e. The fraction of sp³-hybridized carbons (Fsp3) is 0.583. The van der Waals surface area contributed by atoms with E-state index in [1.165, 1.54) is 0 Å². The van der Waals surface area contributed by atoms with Gasteiger partial charge in [-0.3, -0.25) is 4.98 Å². The van der Waals surface area contributed by atoms with Gasteiger partial charge in [0, 0.05) is 5.69 Å². The molecular weight excluding hydrogens is 190 g/mol. The first-order valence-corrected chi connectivity index (χ1v) is 5.51. The summed E-state index contributed by atoms with van der Waals surface area (Å²) in [6.45, 7) is 1.96. The summed E-state index contributed by atoms with van der Waals surface area (Å²) in [6, 6.07) is 3.90. The van der Waals surface area contributed by atoms with Crippen molar-refractivity contribution >= 4 is 0 Å². The molecule has 0 unspecified atom stereocenters. The van der Waals surface area contributed by atoms with Gasteiger partial charge in [-0.1, -0.05) is 0 Å². The van der Waals surface area contributed by atoms with Gasteiger partial charge in [-0.2, -0.15) is 0 Å². The molecule has 1 aromatic rings. The van der Waals surface area contributed by atoms with Crippen LogP contribution in [0.5, 0.6) is 5.75 Å². The molecule has 15 heavy (non-hydrogen) atoms. The Morgan fingerprint density at radius 1 is 1.27 bits per heavy atom. The number of pyridine rings is 1. The van der Waals surface area contributed by atoms with E-state index in [4.69, 9.17) is 4.74 Å². The maximum absolute atomic E-state index is 9.36. The fourth-order valence-electron chi connectivity index (χ4n) is 1.88. The fourth-order valence-corrected chi connectivity index (χ4v) is 1.88. The summed E-state index contributed by atoms with van der Waals surface area (Å²) in [5.41, 5.74) is 1.00. The first kappa shape index (κ1) is 10.4. The molecule has 1 aliphatic rings. The van der Waals surface area contributed by atoms with E-state index in [-0.39, 0.29) is 12.2 Å². The summed E-state index contributed by atoms with van der Waals surface area (Å²) in [5.74, 6) is 0.835. The average Bonchev–Trinajstić information content (AvgIpc) is 2.25. The van der Waals surface area contributed by atoms with Gasteiger partial charge in [-0.25, -0.2) is 0 Å². The highest BCUT2D eigenvalue weighted by molar-refractivity contribution is 5.19. The first-order chi connectivity index (χ1) is 7.24. The van der Waals surface area contributed by atoms with Crippen molar-refractivity contribution in [3.63, 3.8) is 0 Å². The number of nitrogens with zero attached hydrogens (tertiary/aromatic N) is 1. The summed E-state index contributed by atoms with van der Waals surface area (Å²) in [5, 5.41) is 9.36. The number of aliphatic hydroxyl groups excluding tert-OH is 1. The van der Waals surface area contributed by atoms with Crippen LogP contribution in [-0.4, -0.2) is 22.3 Å². The van der Waals surface area contributed by atoms with Crippen LogP contribution in [0.2, 0.25) is 0 Å². The molecule has 1 heterocycles. The summed E-state index contributed by atoms with van der Waals surface area (Å²) >= 11 is 0. The smallest absolute Gasteiger partial charge is 0.138 e. The van der Waals surface area contributed by atoms with Gasteiger partial charge in [0.15, 0.2) is 0 Å². The Bertz CT molecular complexity index is 302. The van der Waals surface area contributed by atoms with Crippen LogP contribution in [0.1, 0.15) is 31.4 Å². The van der Waals surface area contributed by atoms with Gasteiger partial charge < -0.3 is 9.84 Å². The molecule has 1 fully saturated rings. The number of aryl methyl sites for hydroxylation is 1. The van der Waals surface area contributed by atoms with Gasteiger partial charge in [0.25, 0.3) is 0 Å². The Hall–Kier alpha value is -1.09. The van der Waals surface area contributed by atoms with Gasteiger partial charge in [0.1, 0.15) is 5.75 Å². The Labute approximate surface area is 90.1 Å². The van der Waals surface area contributed by atoms with E-state index in [1.54, 1.807) is 6.20 Å². The normalized spacial score (nSPS) is 26.3. The molecule has 82 valence electrons. The van der Waals surface area contributed by atoms with Crippen molar-refractivity contribution < 1.29 is 9.84 Å². The first-order valence-electron chi connectivity index (χ1n) is 5.51. The molecular formula is C12H17NO2. The maximum atomic E-state index is 9.36. The number of hydrogen-bond acceptors (Lipinski definition) is 3. The molecule has 0 saturated heterocycles. The van der Waals surface area contributed by atoms with Crippen LogP contribution in [-0.2, 0) is 0 Å². The van der Waals surface area contributed by atoms with E-state index in [1.807, 2.05) is 19.1 Å². The number of aromatic nitrogens is 1. The lowest BCUT2D eigenvalue weighted by Crippen LogP contribution is -2.26. The molecule has 0 amide bonds. The van der Waals surface area contributed by atoms with E-state index in [9.17, 15) is 5.11 Å². The van der Waals surface area contributed by atoms with Crippen molar-refractivity contribution in [1.82, 2.24) is 4.98 Å². The average molecular weight is 207 g/mol. The number of aliphatic hydroxyl groups is 1. The van der Waals surface area contributed by atoms with Crippen molar-refractivity contribution in [1.29, 1.82) is 0 Å². The predicted octanol–water partition coefficient (Wildman–Crippen LogP) is 2.07. The standard InChI is InChI=1S/C12H17NO2/c1-9-2-5-12(8-13-9)15-11-6-3-10(14)4-7-11/h2,5,8,10-11,14H,3-4,6-7H2,1H3. The van der Waals surface area contributed by atoms with Crippen molar-refractivity contribution in [2.75, 3.05) is 0 Å². The third-order valence-electron chi connectivity index (χ3n) is 2.83. The maximum Gasteiger partial charge on any atom is 0.138 e. The summed E-state index contributed by atoms with van der Waals surface area (Å²) in [4.78, 5) is 4.19. The summed E-state index contributed by atoms with van der Waals surface area (Å²) in [7, 11) is 0. The molecule has 0 atom stereocenters. The minimum absolute atomic E-state index is 0.124. The zero-order chi connectivity index (χ0) is 10.7. The second kappa shape index (κ2) is 4.62. The molecule has 3 nitrogen and oxygen atoms in total. The molecule has 3 heteroatoms. The van der Waals surface area contributed by atoms with Gasteiger partial charge in [-0.05, 0) is 44.7 Å². The molecule has 0 bridgehead atoms. The zero-order valence-corrected chi connectivity index (χ0v) is 9.02. The molecule has 1 N–H and O–H groups in total. The highest BCUT2D eigenvalue weighted by Gasteiger charge is 2.20. The van der Waals surface area contributed by atoms with Crippen LogP contribution < -0.4 is 4.74 Å². The van der Waals surface area contributed by atoms with Crippen LogP contribution in [0.25, 0.3) is 0 Å². The van der Waals surface area contributed by atoms with Crippen molar-refractivity contribution in [2.24, 2.45) is 0 Å². The molecule has 0 spiro atoms. The minimum Gasteiger partial charge on any atom is -0.489 e. The van der Waals surface area contributed by atoms with Crippen LogP contribution in [0, 0.1) is 6.92 Å². The van der Waals surface area contributed by atoms with Crippen molar-refractivity contribution in [3.05, 3.63) is 24.0 Å². The molecule has 2 rings (SSSR count). The number of hydrogen-bond donors (Lipinski definition) is 1. The quantitative estimate of drug-likeness (QED) is 0.807. The van der Waals surface area contributed by atoms with Crippen LogP contribution in [0.3, 0.4) is 0 Å². The van der Waals surface area contributed by atoms with Gasteiger partial charge in [0.2, 0.25) is 0 Å². The van der Waals surface area contributed by atoms with E-state index in [0.29, 0.717) is 0 Å². The van der Waals surface area contributed by atoms with E-state index in [0.717, 1.165) is 37.1 Å². The van der Waals surface area contributed by atoms with Crippen LogP contribution >= 0.6 is 0 Å². The molecule has 0 aliphatic heterocycles. The Morgan fingerprint density at radius 2 is 2.00 bits per heavy atom. The van der Waals surface area contributed by atoms with Crippen LogP contribution in [0.4, 0.5) is 0 Å². The summed E-state index contributed by atoms with van der Waals surface area (Å²) < 4.78 is 5.78. The second-order valence-electron chi connectivity index (χ2n) is 4.18. The second-order valence-corrected chi connectivity index (χ2v) is 4.18. The molecule has 1 aliphatic carbocycles. The molecule has 0 radical (unpaired) electrons. The van der Waals surface area contributed by atoms with Crippen molar-refractivity contribution in [3.8, 4) is 5.75 Å². The van der Waals surface area contributed by atoms with Gasteiger partial charge >= 0.3 is 0 Å².